The highest BCUT2D eigenvalue weighted by molar-refractivity contribution is 8.76. The van der Waals surface area contributed by atoms with Crippen LogP contribution in [-0.2, 0) is 9.59 Å². The van der Waals surface area contributed by atoms with Crippen molar-refractivity contribution in [3.8, 4) is 0 Å². The molecule has 0 aliphatic heterocycles. The number of hydrogen-bond donors (Lipinski definition) is 4. The van der Waals surface area contributed by atoms with Crippen LogP contribution in [-0.4, -0.2) is 35.4 Å². The van der Waals surface area contributed by atoms with E-state index < -0.39 is 23.9 Å². The van der Waals surface area contributed by atoms with Crippen LogP contribution in [0.25, 0.3) is 0 Å². The summed E-state index contributed by atoms with van der Waals surface area (Å²) in [6, 6.07) is -1.34. The van der Waals surface area contributed by atoms with E-state index in [1.807, 2.05) is 0 Å². The van der Waals surface area contributed by atoms with Crippen LogP contribution < -0.4 is 22.9 Å². The topological polar surface area (TPSA) is 138 Å². The van der Waals surface area contributed by atoms with E-state index in [0.29, 0.717) is 11.5 Å². The van der Waals surface area contributed by atoms with Crippen LogP contribution in [0.3, 0.4) is 0 Å². The van der Waals surface area contributed by atoms with Crippen molar-refractivity contribution in [2.75, 3.05) is 11.5 Å². The first-order valence-electron chi connectivity index (χ1n) is 3.79. The Kier molecular flexibility index (Phi) is 15.6. The van der Waals surface area contributed by atoms with Crippen molar-refractivity contribution >= 4 is 58.2 Å². The van der Waals surface area contributed by atoms with E-state index in [1.165, 1.54) is 21.6 Å². The molecule has 1 unspecified atom stereocenters. The summed E-state index contributed by atoms with van der Waals surface area (Å²) in [5.74, 6) is -0.300. The van der Waals surface area contributed by atoms with Gasteiger partial charge in [-0.3, -0.25) is 9.59 Å². The van der Waals surface area contributed by atoms with Crippen molar-refractivity contribution in [3.05, 3.63) is 0 Å². The van der Waals surface area contributed by atoms with Crippen LogP contribution in [0.4, 0.5) is 0 Å². The molecule has 2 amide bonds. The lowest BCUT2D eigenvalue weighted by molar-refractivity contribution is -0.119. The lowest BCUT2D eigenvalue weighted by Gasteiger charge is -2.08. The number of amides is 2. The maximum atomic E-state index is 10.5. The van der Waals surface area contributed by atoms with Gasteiger partial charge in [0.1, 0.15) is 0 Å². The first-order valence-corrected chi connectivity index (χ1v) is 6.28. The van der Waals surface area contributed by atoms with Crippen LogP contribution in [0.1, 0.15) is 0 Å². The monoisotopic (exact) mass is 310 g/mol. The van der Waals surface area contributed by atoms with E-state index in [-0.39, 0.29) is 24.8 Å². The van der Waals surface area contributed by atoms with Gasteiger partial charge >= 0.3 is 0 Å². The molecule has 0 aromatic carbocycles. The number of nitrogens with two attached hydrogens (primary N) is 4. The molecule has 2 atom stereocenters. The van der Waals surface area contributed by atoms with Crippen molar-refractivity contribution in [3.63, 3.8) is 0 Å². The van der Waals surface area contributed by atoms with E-state index in [0.717, 1.165) is 0 Å². The van der Waals surface area contributed by atoms with E-state index in [1.54, 1.807) is 0 Å². The van der Waals surface area contributed by atoms with E-state index in [2.05, 4.69) is 0 Å². The second-order valence-corrected chi connectivity index (χ2v) is 5.14. The molecule has 0 heterocycles. The Morgan fingerprint density at radius 1 is 0.875 bits per heavy atom. The SMILES string of the molecule is Cl.Cl.NC(=O)C(N)CSSC[C@H](N)C(N)=O. The van der Waals surface area contributed by atoms with Gasteiger partial charge in [0, 0.05) is 11.5 Å². The van der Waals surface area contributed by atoms with Gasteiger partial charge in [0.15, 0.2) is 0 Å². The molecule has 0 rings (SSSR count). The third-order valence-corrected chi connectivity index (χ3v) is 3.78. The van der Waals surface area contributed by atoms with Crippen molar-refractivity contribution in [1.29, 1.82) is 0 Å². The molecule has 10 heteroatoms. The predicted molar refractivity (Wildman–Crippen MR) is 73.8 cm³/mol. The zero-order valence-electron chi connectivity index (χ0n) is 8.33. The molecule has 6 nitrogen and oxygen atoms in total. The van der Waals surface area contributed by atoms with Gasteiger partial charge in [-0.05, 0) is 0 Å². The normalized spacial score (nSPS) is 12.9. The number of carbonyl (C=O) groups excluding carboxylic acids is 2. The summed E-state index contributed by atoms with van der Waals surface area (Å²) in [6.07, 6.45) is 0. The van der Waals surface area contributed by atoms with Gasteiger partial charge < -0.3 is 22.9 Å². The van der Waals surface area contributed by atoms with Gasteiger partial charge in [-0.1, -0.05) is 21.6 Å². The maximum absolute atomic E-state index is 10.5. The average molecular weight is 311 g/mol. The molecule has 98 valence electrons. The second-order valence-electron chi connectivity index (χ2n) is 2.59. The molecule has 0 bridgehead atoms. The Hall–Kier alpha value is 0.140. The third-order valence-electron chi connectivity index (χ3n) is 1.31. The fraction of sp³-hybridized carbons (Fsp3) is 0.667. The Morgan fingerprint density at radius 3 is 1.31 bits per heavy atom. The number of hydrogen-bond acceptors (Lipinski definition) is 6. The molecule has 0 aromatic heterocycles. The first-order chi connectivity index (χ1) is 6.45. The highest BCUT2D eigenvalue weighted by Gasteiger charge is 2.11. The molecule has 0 saturated heterocycles. The molecule has 16 heavy (non-hydrogen) atoms. The molecule has 8 N–H and O–H groups in total. The Bertz CT molecular complexity index is 201. The molecule has 0 aliphatic rings. The van der Waals surface area contributed by atoms with Crippen molar-refractivity contribution in [2.24, 2.45) is 22.9 Å². The molecule has 0 aromatic rings. The van der Waals surface area contributed by atoms with E-state index in [9.17, 15) is 9.59 Å². The highest BCUT2D eigenvalue weighted by atomic mass is 35.5. The summed E-state index contributed by atoms with van der Waals surface area (Å²) < 4.78 is 0. The van der Waals surface area contributed by atoms with Gasteiger partial charge in [0.05, 0.1) is 12.1 Å². The maximum Gasteiger partial charge on any atom is 0.235 e. The Balaban J connectivity index is -0.000000845. The van der Waals surface area contributed by atoms with Crippen LogP contribution in [0.2, 0.25) is 0 Å². The van der Waals surface area contributed by atoms with Crippen molar-refractivity contribution in [2.45, 2.75) is 12.1 Å². The Labute approximate surface area is 114 Å². The molecule has 0 radical (unpaired) electrons. The van der Waals surface area contributed by atoms with Crippen LogP contribution in [0.15, 0.2) is 0 Å². The van der Waals surface area contributed by atoms with Gasteiger partial charge in [0.25, 0.3) is 0 Å². The smallest absolute Gasteiger partial charge is 0.235 e. The zero-order chi connectivity index (χ0) is 11.1. The number of halogens is 2. The molecular weight excluding hydrogens is 295 g/mol. The third kappa shape index (κ3) is 10.7. The van der Waals surface area contributed by atoms with Gasteiger partial charge in [-0.25, -0.2) is 0 Å². The van der Waals surface area contributed by atoms with E-state index in [4.69, 9.17) is 22.9 Å². The van der Waals surface area contributed by atoms with Gasteiger partial charge in [0.2, 0.25) is 11.8 Å². The molecule has 0 aliphatic carbocycles. The quantitative estimate of drug-likeness (QED) is 0.345. The highest BCUT2D eigenvalue weighted by Crippen LogP contribution is 2.21. The van der Waals surface area contributed by atoms with Crippen LogP contribution >= 0.6 is 46.4 Å². The second kappa shape index (κ2) is 11.6. The predicted octanol–water partition coefficient (Wildman–Crippen LogP) is -1.16. The summed E-state index contributed by atoms with van der Waals surface area (Å²) in [4.78, 5) is 21.0. The first kappa shape index (κ1) is 21.4. The minimum absolute atomic E-state index is 0. The van der Waals surface area contributed by atoms with Crippen molar-refractivity contribution in [1.82, 2.24) is 0 Å². The largest absolute Gasteiger partial charge is 0.368 e. The van der Waals surface area contributed by atoms with E-state index >= 15 is 0 Å². The molecular formula is C6H16Cl2N4O2S2. The lowest BCUT2D eigenvalue weighted by Crippen LogP contribution is -2.39. The lowest BCUT2D eigenvalue weighted by atomic mass is 10.3. The fourth-order valence-electron chi connectivity index (χ4n) is 0.407. The minimum atomic E-state index is -0.669. The summed E-state index contributed by atoms with van der Waals surface area (Å²) in [7, 11) is 2.68. The minimum Gasteiger partial charge on any atom is -0.368 e. The summed E-state index contributed by atoms with van der Waals surface area (Å²) >= 11 is 0. The summed E-state index contributed by atoms with van der Waals surface area (Å²) in [5, 5.41) is 0. The summed E-state index contributed by atoms with van der Waals surface area (Å²) in [5.41, 5.74) is 20.6. The van der Waals surface area contributed by atoms with Crippen molar-refractivity contribution < 1.29 is 9.59 Å². The number of primary amides is 2. The number of carbonyl (C=O) groups is 2. The standard InChI is InChI=1S/C6H14N4O2S2.2ClH/c7-3(5(9)11)1-13-14-2-4(8)6(10)12;;/h3-4H,1-2,7-8H2,(H2,9,11)(H2,10,12);2*1H/t3-,4?;;/m0../s1. The fourth-order valence-corrected chi connectivity index (χ4v) is 2.68. The average Bonchev–Trinajstić information content (AvgIpc) is 2.11. The molecule has 0 fully saturated rings. The van der Waals surface area contributed by atoms with Crippen LogP contribution in [0, 0.1) is 0 Å². The van der Waals surface area contributed by atoms with Crippen LogP contribution in [0.5, 0.6) is 0 Å². The zero-order valence-corrected chi connectivity index (χ0v) is 11.6. The summed E-state index contributed by atoms with van der Waals surface area (Å²) in [6.45, 7) is 0. The molecule has 0 spiro atoms. The Morgan fingerprint density at radius 2 is 1.12 bits per heavy atom. The van der Waals surface area contributed by atoms with Gasteiger partial charge in [-0.2, -0.15) is 0 Å². The molecule has 0 saturated carbocycles. The number of rotatable bonds is 7. The van der Waals surface area contributed by atoms with Gasteiger partial charge in [-0.15, -0.1) is 24.8 Å².